The summed E-state index contributed by atoms with van der Waals surface area (Å²) in [5.41, 5.74) is 3.06. The van der Waals surface area contributed by atoms with Crippen molar-refractivity contribution in [3.63, 3.8) is 0 Å². The topological polar surface area (TPSA) is 66.1 Å². The highest BCUT2D eigenvalue weighted by Gasteiger charge is 2.34. The van der Waals surface area contributed by atoms with Crippen LogP contribution in [0.5, 0.6) is 0 Å². The molecule has 1 aliphatic rings. The minimum Gasteiger partial charge on any atom is -0.546 e. The molecule has 0 unspecified atom stereocenters. The largest absolute Gasteiger partial charge is 0.546 e. The van der Waals surface area contributed by atoms with Crippen molar-refractivity contribution in [3.05, 3.63) is 71.3 Å². The van der Waals surface area contributed by atoms with Gasteiger partial charge in [0.1, 0.15) is 11.6 Å². The van der Waals surface area contributed by atoms with Crippen LogP contribution >= 0.6 is 0 Å². The number of fused-ring (bicyclic) bond motifs is 1. The first-order chi connectivity index (χ1) is 11.4. The van der Waals surface area contributed by atoms with Crippen LogP contribution in [-0.4, -0.2) is 23.4 Å². The highest BCUT2D eigenvalue weighted by Crippen LogP contribution is 2.21. The van der Waals surface area contributed by atoms with Crippen molar-refractivity contribution in [1.29, 1.82) is 0 Å². The summed E-state index contributed by atoms with van der Waals surface area (Å²) in [7, 11) is 0. The number of carboxylic acids is 1. The number of carbonyl (C=O) groups is 1. The van der Waals surface area contributed by atoms with Gasteiger partial charge < -0.3 is 9.90 Å². The molecule has 1 aliphatic heterocycles. The molecule has 4 heteroatoms. The minimum absolute atomic E-state index is 0.139. The quantitative estimate of drug-likeness (QED) is 0.819. The molecule has 0 aliphatic carbocycles. The molecule has 0 radical (unpaired) electrons. The number of aliphatic carboxylic acids is 1. The van der Waals surface area contributed by atoms with E-state index >= 15 is 0 Å². The Labute approximate surface area is 142 Å². The Bertz CT molecular complexity index is 766. The zero-order chi connectivity index (χ0) is 17.2. The van der Waals surface area contributed by atoms with Gasteiger partial charge in [0, 0.05) is 12.8 Å². The van der Waals surface area contributed by atoms with Crippen LogP contribution in [0.4, 0.5) is 0 Å². The van der Waals surface area contributed by atoms with Gasteiger partial charge in [0.15, 0.2) is 0 Å². The van der Waals surface area contributed by atoms with Crippen molar-refractivity contribution in [3.8, 4) is 0 Å². The molecule has 0 spiro atoms. The van der Waals surface area contributed by atoms with Crippen LogP contribution in [-0.2, 0) is 17.6 Å². The molecule has 4 nitrogen and oxygen atoms in total. The number of carbonyl (C=O) groups excluding carboxylic acids is 1. The van der Waals surface area contributed by atoms with E-state index in [1.807, 2.05) is 48.5 Å². The van der Waals surface area contributed by atoms with Gasteiger partial charge in [-0.2, -0.15) is 0 Å². The molecule has 2 aromatic rings. The van der Waals surface area contributed by atoms with Gasteiger partial charge in [-0.25, -0.2) is 0 Å². The molecule has 0 aromatic heterocycles. The van der Waals surface area contributed by atoms with E-state index in [4.69, 9.17) is 0 Å². The van der Waals surface area contributed by atoms with Crippen molar-refractivity contribution in [2.24, 2.45) is 0 Å². The zero-order valence-electron chi connectivity index (χ0n) is 14.0. The number of carboxylic acid groups (broad SMARTS) is 1. The number of amidine groups is 1. The molecule has 0 bridgehead atoms. The van der Waals surface area contributed by atoms with E-state index in [1.54, 1.807) is 0 Å². The second kappa shape index (κ2) is 6.48. The molecule has 2 aromatic carbocycles. The average Bonchev–Trinajstić information content (AvgIpc) is 2.54. The van der Waals surface area contributed by atoms with Crippen LogP contribution in [0.3, 0.4) is 0 Å². The standard InChI is InChI=1S/C20H22N2O2/c1-20(2)13-15-10-6-7-11-16(15)18(22-20)21-17(19(23)24)12-14-8-4-3-5-9-14/h3-11,17H,12-13H2,1-2H3,(H,21,22)(H,23,24)/t17-/m1/s1. The number of hydrogen-bond acceptors (Lipinski definition) is 2. The molecular formula is C20H22N2O2. The maximum Gasteiger partial charge on any atom is 0.276 e. The SMILES string of the molecule is CC1(C)Cc2ccccc2C(=[NH+][C@H](Cc2ccccc2)C(=O)[O-])N1. The summed E-state index contributed by atoms with van der Waals surface area (Å²) in [4.78, 5) is 14.8. The normalized spacial score (nSPS) is 18.5. The number of nitrogens with one attached hydrogen (secondary N) is 2. The van der Waals surface area contributed by atoms with E-state index in [2.05, 4.69) is 30.2 Å². The fourth-order valence-electron chi connectivity index (χ4n) is 3.18. The fraction of sp³-hybridized carbons (Fsp3) is 0.300. The van der Waals surface area contributed by atoms with Gasteiger partial charge in [0.2, 0.25) is 0 Å². The maximum absolute atomic E-state index is 11.6. The average molecular weight is 322 g/mol. The second-order valence-corrected chi connectivity index (χ2v) is 6.92. The van der Waals surface area contributed by atoms with Crippen molar-refractivity contribution >= 4 is 11.8 Å². The van der Waals surface area contributed by atoms with E-state index in [0.717, 1.165) is 23.4 Å². The van der Waals surface area contributed by atoms with Crippen LogP contribution in [0.2, 0.25) is 0 Å². The Morgan fingerprint density at radius 3 is 2.54 bits per heavy atom. The molecule has 0 saturated carbocycles. The van der Waals surface area contributed by atoms with Crippen molar-refractivity contribution in [2.75, 3.05) is 0 Å². The smallest absolute Gasteiger partial charge is 0.276 e. The van der Waals surface area contributed by atoms with E-state index in [0.29, 0.717) is 6.42 Å². The Kier molecular flexibility index (Phi) is 4.38. The van der Waals surface area contributed by atoms with Crippen LogP contribution in [0.1, 0.15) is 30.5 Å². The summed E-state index contributed by atoms with van der Waals surface area (Å²) in [5, 5.41) is 15.1. The summed E-state index contributed by atoms with van der Waals surface area (Å²) in [6, 6.07) is 16.9. The van der Waals surface area contributed by atoms with E-state index in [1.165, 1.54) is 5.56 Å². The van der Waals surface area contributed by atoms with Gasteiger partial charge >= 0.3 is 0 Å². The molecule has 2 N–H and O–H groups in total. The molecule has 1 heterocycles. The highest BCUT2D eigenvalue weighted by atomic mass is 16.4. The summed E-state index contributed by atoms with van der Waals surface area (Å²) in [6.07, 6.45) is 1.26. The first-order valence-electron chi connectivity index (χ1n) is 8.19. The molecule has 124 valence electrons. The lowest BCUT2D eigenvalue weighted by Gasteiger charge is -2.29. The van der Waals surface area contributed by atoms with E-state index < -0.39 is 12.0 Å². The predicted molar refractivity (Wildman–Crippen MR) is 91.4 cm³/mol. The Morgan fingerprint density at radius 1 is 1.17 bits per heavy atom. The van der Waals surface area contributed by atoms with Gasteiger partial charge in [-0.15, -0.1) is 0 Å². The van der Waals surface area contributed by atoms with Gasteiger partial charge in [0.25, 0.3) is 5.84 Å². The molecule has 1 atom stereocenters. The molecule has 24 heavy (non-hydrogen) atoms. The third-order valence-electron chi connectivity index (χ3n) is 4.27. The third-order valence-corrected chi connectivity index (χ3v) is 4.27. The highest BCUT2D eigenvalue weighted by molar-refractivity contribution is 5.97. The monoisotopic (exact) mass is 322 g/mol. The van der Waals surface area contributed by atoms with Crippen LogP contribution < -0.4 is 15.4 Å². The number of hydrogen-bond donors (Lipinski definition) is 2. The van der Waals surface area contributed by atoms with Gasteiger partial charge in [-0.1, -0.05) is 48.5 Å². The lowest BCUT2D eigenvalue weighted by Crippen LogP contribution is -2.87. The summed E-state index contributed by atoms with van der Waals surface area (Å²) < 4.78 is 0. The Morgan fingerprint density at radius 2 is 1.83 bits per heavy atom. The molecule has 0 fully saturated rings. The van der Waals surface area contributed by atoms with E-state index in [-0.39, 0.29) is 5.54 Å². The molecular weight excluding hydrogens is 300 g/mol. The van der Waals surface area contributed by atoms with E-state index in [9.17, 15) is 9.90 Å². The molecule has 0 amide bonds. The third kappa shape index (κ3) is 3.65. The van der Waals surface area contributed by atoms with Crippen molar-refractivity contribution < 1.29 is 14.9 Å². The Balaban J connectivity index is 1.96. The maximum atomic E-state index is 11.6. The summed E-state index contributed by atoms with van der Waals surface area (Å²) >= 11 is 0. The lowest BCUT2D eigenvalue weighted by molar-refractivity contribution is -0.507. The van der Waals surface area contributed by atoms with Crippen LogP contribution in [0.25, 0.3) is 0 Å². The van der Waals surface area contributed by atoms with Crippen molar-refractivity contribution in [1.82, 2.24) is 5.32 Å². The van der Waals surface area contributed by atoms with Gasteiger partial charge in [-0.05, 0) is 31.0 Å². The number of benzene rings is 2. The molecule has 0 saturated heterocycles. The lowest BCUT2D eigenvalue weighted by atomic mass is 9.87. The first kappa shape index (κ1) is 16.2. The second-order valence-electron chi connectivity index (χ2n) is 6.92. The van der Waals surface area contributed by atoms with Crippen LogP contribution in [0, 0.1) is 0 Å². The summed E-state index contributed by atoms with van der Waals surface area (Å²) in [6.45, 7) is 4.21. The van der Waals surface area contributed by atoms with Gasteiger partial charge in [-0.3, -0.25) is 10.3 Å². The zero-order valence-corrected chi connectivity index (χ0v) is 14.0. The van der Waals surface area contributed by atoms with Crippen molar-refractivity contribution in [2.45, 2.75) is 38.3 Å². The number of rotatable bonds is 4. The first-order valence-corrected chi connectivity index (χ1v) is 8.19. The van der Waals surface area contributed by atoms with Gasteiger partial charge in [0.05, 0.1) is 11.5 Å². The minimum atomic E-state index is -1.10. The van der Waals surface area contributed by atoms with Crippen LogP contribution in [0.15, 0.2) is 54.6 Å². The summed E-state index contributed by atoms with van der Waals surface area (Å²) in [5.74, 6) is -0.346. The predicted octanol–water partition coefficient (Wildman–Crippen LogP) is -0.201. The Hall–Kier alpha value is -2.62. The molecule has 3 rings (SSSR count). The fourth-order valence-corrected chi connectivity index (χ4v) is 3.18.